The standard InChI is InChI=1S/C16H16F2N2O2/c17-13-5-1-3-11(7-13)9-19-16(22)20-10-15(21)12-4-2-6-14(18)8-12/h1-8,15,21H,9-10H2,(H2,19,20,22)/t15-/m1/s1. The molecule has 0 aromatic heterocycles. The first-order valence-corrected chi connectivity index (χ1v) is 6.74. The number of aliphatic hydroxyl groups is 1. The molecule has 0 heterocycles. The van der Waals surface area contributed by atoms with E-state index in [1.165, 1.54) is 30.3 Å². The van der Waals surface area contributed by atoms with Gasteiger partial charge in [-0.2, -0.15) is 0 Å². The zero-order valence-electron chi connectivity index (χ0n) is 11.7. The molecule has 0 radical (unpaired) electrons. The monoisotopic (exact) mass is 306 g/mol. The van der Waals surface area contributed by atoms with Crippen molar-refractivity contribution in [2.45, 2.75) is 12.6 Å². The predicted molar refractivity (Wildman–Crippen MR) is 78.0 cm³/mol. The molecule has 2 aromatic carbocycles. The second-order valence-electron chi connectivity index (χ2n) is 4.76. The van der Waals surface area contributed by atoms with E-state index >= 15 is 0 Å². The van der Waals surface area contributed by atoms with E-state index in [-0.39, 0.29) is 18.9 Å². The van der Waals surface area contributed by atoms with Gasteiger partial charge in [-0.1, -0.05) is 24.3 Å². The number of hydrogen-bond donors (Lipinski definition) is 3. The van der Waals surface area contributed by atoms with Gasteiger partial charge in [-0.3, -0.25) is 0 Å². The van der Waals surface area contributed by atoms with Gasteiger partial charge >= 0.3 is 6.03 Å². The van der Waals surface area contributed by atoms with Crippen molar-refractivity contribution >= 4 is 6.03 Å². The minimum atomic E-state index is -1.00. The van der Waals surface area contributed by atoms with Crippen LogP contribution in [0.3, 0.4) is 0 Å². The molecule has 2 rings (SSSR count). The molecule has 116 valence electrons. The fourth-order valence-electron chi connectivity index (χ4n) is 1.91. The fraction of sp³-hybridized carbons (Fsp3) is 0.188. The average Bonchev–Trinajstić information content (AvgIpc) is 2.50. The third-order valence-corrected chi connectivity index (χ3v) is 3.03. The van der Waals surface area contributed by atoms with Crippen molar-refractivity contribution in [3.05, 3.63) is 71.3 Å². The van der Waals surface area contributed by atoms with Crippen LogP contribution in [0.25, 0.3) is 0 Å². The molecule has 0 aliphatic heterocycles. The fourth-order valence-corrected chi connectivity index (χ4v) is 1.91. The number of aliphatic hydroxyl groups excluding tert-OH is 1. The number of amides is 2. The van der Waals surface area contributed by atoms with Gasteiger partial charge in [0.15, 0.2) is 0 Å². The lowest BCUT2D eigenvalue weighted by atomic mass is 10.1. The molecule has 0 fully saturated rings. The molecule has 2 amide bonds. The first-order chi connectivity index (χ1) is 10.5. The number of halogens is 2. The van der Waals surface area contributed by atoms with Gasteiger partial charge in [0.05, 0.1) is 6.10 Å². The van der Waals surface area contributed by atoms with Crippen LogP contribution in [0.5, 0.6) is 0 Å². The lowest BCUT2D eigenvalue weighted by Gasteiger charge is -2.13. The molecule has 2 aromatic rings. The van der Waals surface area contributed by atoms with Crippen molar-refractivity contribution in [3.8, 4) is 0 Å². The summed E-state index contributed by atoms with van der Waals surface area (Å²) in [5.41, 5.74) is 1.01. The predicted octanol–water partition coefficient (Wildman–Crippen LogP) is 2.50. The highest BCUT2D eigenvalue weighted by atomic mass is 19.1. The van der Waals surface area contributed by atoms with E-state index in [2.05, 4.69) is 10.6 Å². The number of carbonyl (C=O) groups excluding carboxylic acids is 1. The second kappa shape index (κ2) is 7.51. The minimum absolute atomic E-state index is 0.0571. The number of carbonyl (C=O) groups is 1. The van der Waals surface area contributed by atoms with Gasteiger partial charge in [0.1, 0.15) is 11.6 Å². The van der Waals surface area contributed by atoms with E-state index in [0.717, 1.165) is 0 Å². The van der Waals surface area contributed by atoms with Gasteiger partial charge in [-0.05, 0) is 35.4 Å². The molecule has 3 N–H and O–H groups in total. The number of benzene rings is 2. The van der Waals surface area contributed by atoms with Crippen LogP contribution in [0.4, 0.5) is 13.6 Å². The molecule has 0 spiro atoms. The Balaban J connectivity index is 1.78. The first kappa shape index (κ1) is 15.9. The SMILES string of the molecule is O=C(NCc1cccc(F)c1)NC[C@@H](O)c1cccc(F)c1. The summed E-state index contributed by atoms with van der Waals surface area (Å²) in [6, 6.07) is 10.9. The number of urea groups is 1. The molecule has 0 saturated heterocycles. The third-order valence-electron chi connectivity index (χ3n) is 3.03. The summed E-state index contributed by atoms with van der Waals surface area (Å²) in [7, 11) is 0. The Labute approximate surface area is 126 Å². The van der Waals surface area contributed by atoms with Gasteiger partial charge in [0.2, 0.25) is 0 Å². The Morgan fingerprint density at radius 1 is 1.05 bits per heavy atom. The zero-order valence-corrected chi connectivity index (χ0v) is 11.7. The molecule has 6 heteroatoms. The summed E-state index contributed by atoms with van der Waals surface area (Å²) in [4.78, 5) is 11.6. The van der Waals surface area contributed by atoms with E-state index in [1.54, 1.807) is 18.2 Å². The Morgan fingerprint density at radius 3 is 2.41 bits per heavy atom. The highest BCUT2D eigenvalue weighted by Crippen LogP contribution is 2.12. The molecule has 4 nitrogen and oxygen atoms in total. The summed E-state index contributed by atoms with van der Waals surface area (Å²) < 4.78 is 26.0. The largest absolute Gasteiger partial charge is 0.387 e. The van der Waals surface area contributed by atoms with Crippen LogP contribution in [0.1, 0.15) is 17.2 Å². The van der Waals surface area contributed by atoms with Gasteiger partial charge in [-0.15, -0.1) is 0 Å². The maximum atomic E-state index is 13.0. The van der Waals surface area contributed by atoms with Gasteiger partial charge < -0.3 is 15.7 Å². The molecule has 22 heavy (non-hydrogen) atoms. The highest BCUT2D eigenvalue weighted by molar-refractivity contribution is 5.73. The first-order valence-electron chi connectivity index (χ1n) is 6.74. The van der Waals surface area contributed by atoms with Crippen molar-refractivity contribution in [2.24, 2.45) is 0 Å². The summed E-state index contributed by atoms with van der Waals surface area (Å²) >= 11 is 0. The molecule has 0 aliphatic rings. The average molecular weight is 306 g/mol. The van der Waals surface area contributed by atoms with Gasteiger partial charge in [0.25, 0.3) is 0 Å². The van der Waals surface area contributed by atoms with E-state index in [9.17, 15) is 18.7 Å². The molecule has 0 unspecified atom stereocenters. The minimum Gasteiger partial charge on any atom is -0.387 e. The summed E-state index contributed by atoms with van der Waals surface area (Å²) in [6.45, 7) is 0.109. The van der Waals surface area contributed by atoms with Crippen molar-refractivity contribution in [1.29, 1.82) is 0 Å². The summed E-state index contributed by atoms with van der Waals surface area (Å²) in [5, 5.41) is 14.9. The van der Waals surface area contributed by atoms with Crippen molar-refractivity contribution in [3.63, 3.8) is 0 Å². The maximum Gasteiger partial charge on any atom is 0.315 e. The number of nitrogens with one attached hydrogen (secondary N) is 2. The highest BCUT2D eigenvalue weighted by Gasteiger charge is 2.10. The molecular weight excluding hydrogens is 290 g/mol. The maximum absolute atomic E-state index is 13.0. The normalized spacial score (nSPS) is 11.8. The Bertz CT molecular complexity index is 650. The quantitative estimate of drug-likeness (QED) is 0.795. The van der Waals surface area contributed by atoms with E-state index in [0.29, 0.717) is 11.1 Å². The van der Waals surface area contributed by atoms with Crippen LogP contribution in [0.15, 0.2) is 48.5 Å². The zero-order chi connectivity index (χ0) is 15.9. The van der Waals surface area contributed by atoms with E-state index in [1.807, 2.05) is 0 Å². The summed E-state index contributed by atoms with van der Waals surface area (Å²) in [5.74, 6) is -0.826. The topological polar surface area (TPSA) is 61.4 Å². The number of rotatable bonds is 5. The van der Waals surface area contributed by atoms with Crippen LogP contribution in [0, 0.1) is 11.6 Å². The van der Waals surface area contributed by atoms with Gasteiger partial charge in [-0.25, -0.2) is 13.6 Å². The van der Waals surface area contributed by atoms with Crippen LogP contribution in [-0.2, 0) is 6.54 Å². The number of hydrogen-bond acceptors (Lipinski definition) is 2. The Hall–Kier alpha value is -2.47. The lowest BCUT2D eigenvalue weighted by Crippen LogP contribution is -2.37. The Kier molecular flexibility index (Phi) is 5.43. The molecule has 0 bridgehead atoms. The molecular formula is C16H16F2N2O2. The summed E-state index contributed by atoms with van der Waals surface area (Å²) in [6.07, 6.45) is -1.00. The van der Waals surface area contributed by atoms with E-state index < -0.39 is 18.0 Å². The van der Waals surface area contributed by atoms with Crippen LogP contribution in [0.2, 0.25) is 0 Å². The Morgan fingerprint density at radius 2 is 1.73 bits per heavy atom. The smallest absolute Gasteiger partial charge is 0.315 e. The van der Waals surface area contributed by atoms with Crippen LogP contribution >= 0.6 is 0 Å². The van der Waals surface area contributed by atoms with Crippen LogP contribution in [-0.4, -0.2) is 17.7 Å². The molecule has 0 saturated carbocycles. The second-order valence-corrected chi connectivity index (χ2v) is 4.76. The third kappa shape index (κ3) is 4.82. The van der Waals surface area contributed by atoms with Crippen LogP contribution < -0.4 is 10.6 Å². The van der Waals surface area contributed by atoms with Crippen molar-refractivity contribution in [1.82, 2.24) is 10.6 Å². The van der Waals surface area contributed by atoms with Crippen molar-refractivity contribution < 1.29 is 18.7 Å². The van der Waals surface area contributed by atoms with Gasteiger partial charge in [0, 0.05) is 13.1 Å². The molecule has 0 aliphatic carbocycles. The van der Waals surface area contributed by atoms with Crippen molar-refractivity contribution in [2.75, 3.05) is 6.54 Å². The van der Waals surface area contributed by atoms with E-state index in [4.69, 9.17) is 0 Å². The lowest BCUT2D eigenvalue weighted by molar-refractivity contribution is 0.172. The molecule has 1 atom stereocenters.